The molecule has 0 saturated carbocycles. The van der Waals surface area contributed by atoms with Crippen LogP contribution in [-0.2, 0) is 0 Å². The van der Waals surface area contributed by atoms with Crippen LogP contribution in [0.5, 0.6) is 17.5 Å². The zero-order valence-electron chi connectivity index (χ0n) is 15.9. The molecule has 0 spiro atoms. The van der Waals surface area contributed by atoms with Crippen LogP contribution in [0.4, 0.5) is 0 Å². The number of aromatic amines is 1. The maximum absolute atomic E-state index is 5.93. The normalized spacial score (nSPS) is 17.9. The Morgan fingerprint density at radius 2 is 1.89 bits per heavy atom. The van der Waals surface area contributed by atoms with Gasteiger partial charge in [-0.25, -0.2) is 0 Å². The first-order valence-electron chi connectivity index (χ1n) is 9.91. The van der Waals surface area contributed by atoms with Gasteiger partial charge in [0, 0.05) is 12.6 Å². The van der Waals surface area contributed by atoms with Crippen molar-refractivity contribution in [3.63, 3.8) is 0 Å². The van der Waals surface area contributed by atoms with E-state index in [-0.39, 0.29) is 0 Å². The molecular formula is C22H27N3O2. The van der Waals surface area contributed by atoms with E-state index >= 15 is 0 Å². The molecular weight excluding hydrogens is 338 g/mol. The topological polar surface area (TPSA) is 50.4 Å². The van der Waals surface area contributed by atoms with Crippen molar-refractivity contribution in [2.75, 3.05) is 19.7 Å². The van der Waals surface area contributed by atoms with Crippen LogP contribution in [0.25, 0.3) is 11.0 Å². The second-order valence-corrected chi connectivity index (χ2v) is 7.07. The van der Waals surface area contributed by atoms with Gasteiger partial charge in [-0.1, -0.05) is 25.5 Å². The van der Waals surface area contributed by atoms with E-state index in [1.54, 1.807) is 0 Å². The van der Waals surface area contributed by atoms with E-state index < -0.39 is 0 Å². The lowest BCUT2D eigenvalue weighted by Crippen LogP contribution is -2.41. The first-order valence-corrected chi connectivity index (χ1v) is 9.91. The van der Waals surface area contributed by atoms with E-state index in [4.69, 9.17) is 9.47 Å². The van der Waals surface area contributed by atoms with Crippen molar-refractivity contribution in [3.05, 3.63) is 48.5 Å². The van der Waals surface area contributed by atoms with Gasteiger partial charge in [-0.15, -0.1) is 0 Å². The molecule has 1 aliphatic heterocycles. The van der Waals surface area contributed by atoms with E-state index in [1.165, 1.54) is 32.2 Å². The Morgan fingerprint density at radius 3 is 2.70 bits per heavy atom. The largest absolute Gasteiger partial charge is 0.492 e. The summed E-state index contributed by atoms with van der Waals surface area (Å²) in [6, 6.07) is 16.8. The van der Waals surface area contributed by atoms with Crippen LogP contribution in [0.3, 0.4) is 0 Å². The molecule has 3 aromatic rings. The summed E-state index contributed by atoms with van der Waals surface area (Å²) < 4.78 is 11.8. The summed E-state index contributed by atoms with van der Waals surface area (Å²) in [5.74, 6) is 1.61. The lowest BCUT2D eigenvalue weighted by molar-refractivity contribution is 0.120. The van der Waals surface area contributed by atoms with Gasteiger partial charge in [0.25, 0.3) is 6.01 Å². The number of H-pyrrole nitrogens is 1. The molecule has 0 aliphatic carbocycles. The molecule has 142 valence electrons. The summed E-state index contributed by atoms with van der Waals surface area (Å²) >= 11 is 0. The van der Waals surface area contributed by atoms with Gasteiger partial charge in [-0.2, -0.15) is 4.98 Å². The minimum absolute atomic E-state index is 0.501. The fourth-order valence-electron chi connectivity index (χ4n) is 3.79. The van der Waals surface area contributed by atoms with Crippen molar-refractivity contribution in [2.45, 2.75) is 38.6 Å². The first kappa shape index (κ1) is 17.9. The maximum Gasteiger partial charge on any atom is 0.300 e. The lowest BCUT2D eigenvalue weighted by atomic mass is 10.0. The monoisotopic (exact) mass is 365 g/mol. The molecule has 1 atom stereocenters. The minimum Gasteiger partial charge on any atom is -0.492 e. The fourth-order valence-corrected chi connectivity index (χ4v) is 3.79. The van der Waals surface area contributed by atoms with Crippen molar-refractivity contribution in [3.8, 4) is 17.5 Å². The van der Waals surface area contributed by atoms with E-state index in [1.807, 2.05) is 48.5 Å². The molecule has 2 heterocycles. The third-order valence-electron chi connectivity index (χ3n) is 5.27. The average molecular weight is 365 g/mol. The first-order chi connectivity index (χ1) is 13.3. The predicted octanol–water partition coefficient (Wildman–Crippen LogP) is 5.00. The molecule has 4 rings (SSSR count). The van der Waals surface area contributed by atoms with Crippen LogP contribution in [0.2, 0.25) is 0 Å². The third-order valence-corrected chi connectivity index (χ3v) is 5.27. The fraction of sp³-hybridized carbons (Fsp3) is 0.409. The Bertz CT molecular complexity index is 826. The Hall–Kier alpha value is -2.53. The van der Waals surface area contributed by atoms with E-state index in [0.717, 1.165) is 41.7 Å². The average Bonchev–Trinajstić information content (AvgIpc) is 3.12. The molecule has 1 aliphatic rings. The quantitative estimate of drug-likeness (QED) is 0.640. The SMILES string of the molecule is CCC1CCCCN1CCOc1ccc(Oc2nc3ccccc3[nH]2)cc1. The molecule has 0 radical (unpaired) electrons. The highest BCUT2D eigenvalue weighted by atomic mass is 16.5. The zero-order chi connectivity index (χ0) is 18.5. The van der Waals surface area contributed by atoms with E-state index in [0.29, 0.717) is 6.01 Å². The molecule has 2 aromatic carbocycles. The number of nitrogens with zero attached hydrogens (tertiary/aromatic N) is 2. The lowest BCUT2D eigenvalue weighted by Gasteiger charge is -2.34. The number of ether oxygens (including phenoxy) is 2. The standard InChI is InChI=1S/C22H27N3O2/c1-2-17-7-5-6-14-25(17)15-16-26-18-10-12-19(13-11-18)27-22-23-20-8-3-4-9-21(20)24-22/h3-4,8-13,17H,2,5-7,14-16H2,1H3,(H,23,24). The number of para-hydroxylation sites is 2. The van der Waals surface area contributed by atoms with Crippen molar-refractivity contribution in [2.24, 2.45) is 0 Å². The number of likely N-dealkylation sites (tertiary alicyclic amines) is 1. The van der Waals surface area contributed by atoms with E-state index in [2.05, 4.69) is 21.8 Å². The van der Waals surface area contributed by atoms with Gasteiger partial charge in [0.1, 0.15) is 18.1 Å². The number of piperidine rings is 1. The Morgan fingerprint density at radius 1 is 1.07 bits per heavy atom. The van der Waals surface area contributed by atoms with Gasteiger partial charge in [-0.3, -0.25) is 4.90 Å². The number of aromatic nitrogens is 2. The van der Waals surface area contributed by atoms with Gasteiger partial charge in [0.2, 0.25) is 0 Å². The molecule has 0 bridgehead atoms. The highest BCUT2D eigenvalue weighted by molar-refractivity contribution is 5.75. The van der Waals surface area contributed by atoms with Gasteiger partial charge in [0.05, 0.1) is 11.0 Å². The van der Waals surface area contributed by atoms with Crippen molar-refractivity contribution < 1.29 is 9.47 Å². The summed E-state index contributed by atoms with van der Waals surface area (Å²) in [5, 5.41) is 0. The number of hydrogen-bond donors (Lipinski definition) is 1. The van der Waals surface area contributed by atoms with Crippen molar-refractivity contribution >= 4 is 11.0 Å². The summed E-state index contributed by atoms with van der Waals surface area (Å²) in [7, 11) is 0. The molecule has 5 heteroatoms. The molecule has 1 N–H and O–H groups in total. The smallest absolute Gasteiger partial charge is 0.300 e. The van der Waals surface area contributed by atoms with Gasteiger partial charge in [0.15, 0.2) is 0 Å². The molecule has 1 fully saturated rings. The number of rotatable bonds is 7. The highest BCUT2D eigenvalue weighted by Gasteiger charge is 2.20. The number of nitrogens with one attached hydrogen (secondary N) is 1. The van der Waals surface area contributed by atoms with E-state index in [9.17, 15) is 0 Å². The number of imidazole rings is 1. The van der Waals surface area contributed by atoms with Crippen molar-refractivity contribution in [1.82, 2.24) is 14.9 Å². The molecule has 27 heavy (non-hydrogen) atoms. The van der Waals surface area contributed by atoms with Crippen LogP contribution in [-0.4, -0.2) is 40.6 Å². The summed E-state index contributed by atoms with van der Waals surface area (Å²) in [6.07, 6.45) is 5.23. The summed E-state index contributed by atoms with van der Waals surface area (Å²) in [4.78, 5) is 10.2. The maximum atomic E-state index is 5.93. The molecule has 1 saturated heterocycles. The van der Waals surface area contributed by atoms with Crippen LogP contribution >= 0.6 is 0 Å². The highest BCUT2D eigenvalue weighted by Crippen LogP contribution is 2.24. The predicted molar refractivity (Wildman–Crippen MR) is 108 cm³/mol. The molecule has 1 aromatic heterocycles. The van der Waals surface area contributed by atoms with Crippen molar-refractivity contribution in [1.29, 1.82) is 0 Å². The number of fused-ring (bicyclic) bond motifs is 1. The molecule has 5 nitrogen and oxygen atoms in total. The van der Waals surface area contributed by atoms with Gasteiger partial charge >= 0.3 is 0 Å². The summed E-state index contributed by atoms with van der Waals surface area (Å²) in [5.41, 5.74) is 1.87. The third kappa shape index (κ3) is 4.42. The summed E-state index contributed by atoms with van der Waals surface area (Å²) in [6.45, 7) is 5.20. The minimum atomic E-state index is 0.501. The number of hydrogen-bond acceptors (Lipinski definition) is 4. The molecule has 0 amide bonds. The zero-order valence-corrected chi connectivity index (χ0v) is 15.9. The second kappa shape index (κ2) is 8.44. The Kier molecular flexibility index (Phi) is 5.58. The second-order valence-electron chi connectivity index (χ2n) is 7.07. The van der Waals surface area contributed by atoms with Crippen LogP contribution < -0.4 is 9.47 Å². The van der Waals surface area contributed by atoms with Gasteiger partial charge in [-0.05, 0) is 62.2 Å². The number of benzene rings is 2. The van der Waals surface area contributed by atoms with Crippen LogP contribution in [0, 0.1) is 0 Å². The Balaban J connectivity index is 1.29. The molecule has 1 unspecified atom stereocenters. The van der Waals surface area contributed by atoms with Crippen LogP contribution in [0.1, 0.15) is 32.6 Å². The van der Waals surface area contributed by atoms with Gasteiger partial charge < -0.3 is 14.5 Å². The Labute approximate surface area is 160 Å². The van der Waals surface area contributed by atoms with Crippen LogP contribution in [0.15, 0.2) is 48.5 Å².